The molecule has 7 heteroatoms. The third kappa shape index (κ3) is 4.12. The van der Waals surface area contributed by atoms with Gasteiger partial charge in [0, 0.05) is 18.5 Å². The molecule has 1 aromatic carbocycles. The van der Waals surface area contributed by atoms with Crippen LogP contribution in [0.5, 0.6) is 0 Å². The fourth-order valence-corrected chi connectivity index (χ4v) is 1.69. The summed E-state index contributed by atoms with van der Waals surface area (Å²) in [5, 5.41) is 17.7. The maximum Gasteiger partial charge on any atom is 0.252 e. The highest BCUT2D eigenvalue weighted by Crippen LogP contribution is 2.10. The maximum atomic E-state index is 13.3. The Morgan fingerprint density at radius 3 is 3.05 bits per heavy atom. The fourth-order valence-electron chi connectivity index (χ4n) is 1.69. The molecule has 0 saturated carbocycles. The largest absolute Gasteiger partial charge is 0.384 e. The minimum atomic E-state index is -0.523. The van der Waals surface area contributed by atoms with Gasteiger partial charge in [0.2, 0.25) is 0 Å². The number of nitrogens with one attached hydrogen (secondary N) is 2. The Hall–Kier alpha value is -2.72. The normalized spacial score (nSPS) is 9.81. The first-order valence-electron chi connectivity index (χ1n) is 6.22. The number of rotatable bonds is 4. The van der Waals surface area contributed by atoms with E-state index in [1.54, 1.807) is 0 Å². The predicted octanol–water partition coefficient (Wildman–Crippen LogP) is 0.260. The number of H-pyrrole nitrogens is 1. The van der Waals surface area contributed by atoms with Crippen molar-refractivity contribution in [1.29, 1.82) is 0 Å². The molecule has 0 aliphatic rings. The number of aromatic nitrogens is 3. The molecule has 2 rings (SSSR count). The van der Waals surface area contributed by atoms with E-state index in [4.69, 9.17) is 5.11 Å². The lowest BCUT2D eigenvalue weighted by molar-refractivity contribution is 0.0953. The van der Waals surface area contributed by atoms with Crippen LogP contribution in [0.15, 0.2) is 24.5 Å². The van der Waals surface area contributed by atoms with E-state index in [0.29, 0.717) is 24.4 Å². The van der Waals surface area contributed by atoms with E-state index in [2.05, 4.69) is 32.3 Å². The van der Waals surface area contributed by atoms with Crippen LogP contribution in [0.25, 0.3) is 0 Å². The van der Waals surface area contributed by atoms with Gasteiger partial charge in [0.15, 0.2) is 0 Å². The van der Waals surface area contributed by atoms with Crippen molar-refractivity contribution in [3.8, 4) is 11.8 Å². The van der Waals surface area contributed by atoms with Crippen LogP contribution in [0, 0.1) is 17.7 Å². The zero-order valence-electron chi connectivity index (χ0n) is 11.1. The standard InChI is InChI=1S/C14H13FN4O2/c15-11-4-3-10(2-1-7-20)12(8-11)14(21)16-6-5-13-17-9-18-19-13/h3-4,8-9,20H,5-7H2,(H,16,21)(H,17,18,19). The maximum absolute atomic E-state index is 13.3. The molecule has 108 valence electrons. The Morgan fingerprint density at radius 2 is 2.33 bits per heavy atom. The summed E-state index contributed by atoms with van der Waals surface area (Å²) >= 11 is 0. The fraction of sp³-hybridized carbons (Fsp3) is 0.214. The van der Waals surface area contributed by atoms with E-state index in [9.17, 15) is 9.18 Å². The summed E-state index contributed by atoms with van der Waals surface area (Å²) in [4.78, 5) is 16.0. The zero-order valence-corrected chi connectivity index (χ0v) is 11.1. The van der Waals surface area contributed by atoms with Crippen LogP contribution in [-0.4, -0.2) is 39.3 Å². The quantitative estimate of drug-likeness (QED) is 0.704. The molecular formula is C14H13FN4O2. The number of aromatic amines is 1. The average Bonchev–Trinajstić information content (AvgIpc) is 2.99. The van der Waals surface area contributed by atoms with Gasteiger partial charge in [0.25, 0.3) is 5.91 Å². The number of benzene rings is 1. The molecule has 1 amide bonds. The summed E-state index contributed by atoms with van der Waals surface area (Å²) in [7, 11) is 0. The molecule has 0 bridgehead atoms. The first-order valence-corrected chi connectivity index (χ1v) is 6.22. The molecule has 3 N–H and O–H groups in total. The van der Waals surface area contributed by atoms with Gasteiger partial charge in [-0.05, 0) is 18.2 Å². The van der Waals surface area contributed by atoms with E-state index in [1.807, 2.05) is 0 Å². The monoisotopic (exact) mass is 288 g/mol. The Morgan fingerprint density at radius 1 is 1.48 bits per heavy atom. The Balaban J connectivity index is 2.05. The summed E-state index contributed by atoms with van der Waals surface area (Å²) in [6.45, 7) is 0.00133. The number of aliphatic hydroxyl groups excluding tert-OH is 1. The van der Waals surface area contributed by atoms with Crippen LogP contribution in [0.1, 0.15) is 21.7 Å². The van der Waals surface area contributed by atoms with Crippen molar-refractivity contribution in [3.63, 3.8) is 0 Å². The number of halogens is 1. The highest BCUT2D eigenvalue weighted by Gasteiger charge is 2.11. The molecular weight excluding hydrogens is 275 g/mol. The van der Waals surface area contributed by atoms with Crippen molar-refractivity contribution in [3.05, 3.63) is 47.3 Å². The molecule has 0 saturated heterocycles. The summed E-state index contributed by atoms with van der Waals surface area (Å²) in [6, 6.07) is 3.74. The molecule has 0 radical (unpaired) electrons. The van der Waals surface area contributed by atoms with Crippen LogP contribution >= 0.6 is 0 Å². The van der Waals surface area contributed by atoms with Crippen LogP contribution in [-0.2, 0) is 6.42 Å². The molecule has 21 heavy (non-hydrogen) atoms. The first-order chi connectivity index (χ1) is 10.2. The Kier molecular flexibility index (Phi) is 5.01. The van der Waals surface area contributed by atoms with Gasteiger partial charge in [-0.3, -0.25) is 9.89 Å². The van der Waals surface area contributed by atoms with Crippen molar-refractivity contribution in [2.24, 2.45) is 0 Å². The zero-order chi connectivity index (χ0) is 15.1. The minimum absolute atomic E-state index is 0.133. The molecule has 0 unspecified atom stereocenters. The van der Waals surface area contributed by atoms with Gasteiger partial charge in [-0.2, -0.15) is 5.10 Å². The third-order valence-electron chi connectivity index (χ3n) is 2.64. The topological polar surface area (TPSA) is 90.9 Å². The van der Waals surface area contributed by atoms with Crippen LogP contribution < -0.4 is 5.32 Å². The predicted molar refractivity (Wildman–Crippen MR) is 72.8 cm³/mol. The Bertz CT molecular complexity index is 674. The second-order valence-electron chi connectivity index (χ2n) is 4.09. The van der Waals surface area contributed by atoms with E-state index in [0.717, 1.165) is 6.07 Å². The molecule has 0 spiro atoms. The molecule has 0 aliphatic carbocycles. The van der Waals surface area contributed by atoms with Crippen LogP contribution in [0.4, 0.5) is 4.39 Å². The number of carbonyl (C=O) groups excluding carboxylic acids is 1. The van der Waals surface area contributed by atoms with Crippen LogP contribution in [0.2, 0.25) is 0 Å². The average molecular weight is 288 g/mol. The van der Waals surface area contributed by atoms with Gasteiger partial charge < -0.3 is 10.4 Å². The molecule has 0 aliphatic heterocycles. The minimum Gasteiger partial charge on any atom is -0.384 e. The number of aliphatic hydroxyl groups is 1. The summed E-state index contributed by atoms with van der Waals surface area (Å²) in [5.74, 6) is 4.75. The second kappa shape index (κ2) is 7.17. The van der Waals surface area contributed by atoms with Gasteiger partial charge in [0.05, 0.1) is 5.56 Å². The molecule has 0 fully saturated rings. The lowest BCUT2D eigenvalue weighted by Crippen LogP contribution is -2.26. The molecule has 1 aromatic heterocycles. The van der Waals surface area contributed by atoms with E-state index >= 15 is 0 Å². The van der Waals surface area contributed by atoms with Crippen molar-refractivity contribution in [1.82, 2.24) is 20.5 Å². The number of hydrogen-bond acceptors (Lipinski definition) is 4. The number of carbonyl (C=O) groups is 1. The smallest absolute Gasteiger partial charge is 0.252 e. The molecule has 2 aromatic rings. The molecule has 0 atom stereocenters. The van der Waals surface area contributed by atoms with Crippen LogP contribution in [0.3, 0.4) is 0 Å². The van der Waals surface area contributed by atoms with Crippen molar-refractivity contribution < 1.29 is 14.3 Å². The number of nitrogens with zero attached hydrogens (tertiary/aromatic N) is 2. The van der Waals surface area contributed by atoms with E-state index < -0.39 is 11.7 Å². The number of amides is 1. The lowest BCUT2D eigenvalue weighted by atomic mass is 10.1. The van der Waals surface area contributed by atoms with Gasteiger partial charge in [-0.25, -0.2) is 9.37 Å². The molecule has 1 heterocycles. The van der Waals surface area contributed by atoms with Gasteiger partial charge in [0.1, 0.15) is 24.6 Å². The van der Waals surface area contributed by atoms with Gasteiger partial charge in [-0.1, -0.05) is 11.8 Å². The second-order valence-corrected chi connectivity index (χ2v) is 4.09. The Labute approximate surface area is 120 Å². The SMILES string of the molecule is O=C(NCCc1ncn[nH]1)c1cc(F)ccc1C#CCO. The van der Waals surface area contributed by atoms with Gasteiger partial charge in [-0.15, -0.1) is 0 Å². The van der Waals surface area contributed by atoms with Crippen molar-refractivity contribution in [2.75, 3.05) is 13.2 Å². The highest BCUT2D eigenvalue weighted by atomic mass is 19.1. The molecule has 6 nitrogen and oxygen atoms in total. The number of hydrogen-bond donors (Lipinski definition) is 3. The van der Waals surface area contributed by atoms with Crippen molar-refractivity contribution in [2.45, 2.75) is 6.42 Å². The van der Waals surface area contributed by atoms with Gasteiger partial charge >= 0.3 is 0 Å². The first kappa shape index (κ1) is 14.7. The van der Waals surface area contributed by atoms with E-state index in [1.165, 1.54) is 18.5 Å². The summed E-state index contributed by atoms with van der Waals surface area (Å²) in [6.07, 6.45) is 1.87. The van der Waals surface area contributed by atoms with E-state index in [-0.39, 0.29) is 12.2 Å². The summed E-state index contributed by atoms with van der Waals surface area (Å²) in [5.41, 5.74) is 0.496. The van der Waals surface area contributed by atoms with Crippen molar-refractivity contribution >= 4 is 5.91 Å². The third-order valence-corrected chi connectivity index (χ3v) is 2.64. The highest BCUT2D eigenvalue weighted by molar-refractivity contribution is 5.96. The lowest BCUT2D eigenvalue weighted by Gasteiger charge is -2.06. The summed E-state index contributed by atoms with van der Waals surface area (Å²) < 4.78 is 13.3.